The molecule has 2 rings (SSSR count). The Morgan fingerprint density at radius 2 is 2.22 bits per heavy atom. The molecular weight excluding hydrogens is 231 g/mol. The van der Waals surface area contributed by atoms with Crippen molar-refractivity contribution in [1.82, 2.24) is 4.98 Å². The zero-order valence-electron chi connectivity index (χ0n) is 10.1. The van der Waals surface area contributed by atoms with Gasteiger partial charge in [0.1, 0.15) is 18.2 Å². The molecule has 0 saturated heterocycles. The number of ether oxygens (including phenoxy) is 1. The molecule has 0 amide bonds. The number of benzene rings is 1. The highest BCUT2D eigenvalue weighted by Crippen LogP contribution is 2.25. The lowest BCUT2D eigenvalue weighted by Crippen LogP contribution is -2.08. The second kappa shape index (κ2) is 5.60. The molecule has 2 aromatic rings. The van der Waals surface area contributed by atoms with Gasteiger partial charge in [0.15, 0.2) is 0 Å². The van der Waals surface area contributed by atoms with Crippen LogP contribution in [0.5, 0.6) is 5.75 Å². The topological polar surface area (TPSA) is 48.1 Å². The van der Waals surface area contributed by atoms with Crippen molar-refractivity contribution >= 4 is 0 Å². The largest absolute Gasteiger partial charge is 0.489 e. The van der Waals surface area contributed by atoms with Crippen molar-refractivity contribution in [2.75, 3.05) is 0 Å². The van der Waals surface area contributed by atoms with Gasteiger partial charge in [-0.15, -0.1) is 0 Å². The number of hydrogen-bond acceptors (Lipinski definition) is 3. The Balaban J connectivity index is 2.14. The molecule has 0 aliphatic rings. The number of nitrogens with zero attached hydrogens (tertiary/aromatic N) is 1. The summed E-state index contributed by atoms with van der Waals surface area (Å²) in [7, 11) is 0. The Hall–Kier alpha value is -1.94. The zero-order chi connectivity index (χ0) is 13.0. The van der Waals surface area contributed by atoms with Crippen LogP contribution in [0.1, 0.15) is 24.1 Å². The molecule has 3 nitrogen and oxygen atoms in total. The van der Waals surface area contributed by atoms with E-state index in [1.165, 1.54) is 12.1 Å². The highest BCUT2D eigenvalue weighted by atomic mass is 19.1. The molecule has 0 radical (unpaired) electrons. The minimum atomic E-state index is -0.309. The van der Waals surface area contributed by atoms with Crippen molar-refractivity contribution in [2.45, 2.75) is 19.6 Å². The van der Waals surface area contributed by atoms with Crippen LogP contribution in [-0.2, 0) is 6.61 Å². The van der Waals surface area contributed by atoms with Crippen LogP contribution in [0.2, 0.25) is 0 Å². The minimum absolute atomic E-state index is 0.274. The van der Waals surface area contributed by atoms with Crippen LogP contribution in [0.25, 0.3) is 0 Å². The Kier molecular flexibility index (Phi) is 3.89. The maximum atomic E-state index is 13.1. The van der Waals surface area contributed by atoms with E-state index in [0.29, 0.717) is 17.9 Å². The number of halogens is 1. The van der Waals surface area contributed by atoms with Crippen molar-refractivity contribution < 1.29 is 9.13 Å². The normalized spacial score (nSPS) is 12.2. The molecule has 4 heteroatoms. The van der Waals surface area contributed by atoms with Gasteiger partial charge in [-0.05, 0) is 31.2 Å². The summed E-state index contributed by atoms with van der Waals surface area (Å²) in [5, 5.41) is 0. The van der Waals surface area contributed by atoms with Gasteiger partial charge in [-0.2, -0.15) is 0 Å². The van der Waals surface area contributed by atoms with Gasteiger partial charge in [-0.1, -0.05) is 6.07 Å². The molecule has 0 aliphatic carbocycles. The Labute approximate surface area is 105 Å². The smallest absolute Gasteiger partial charge is 0.124 e. The molecule has 1 aromatic carbocycles. The predicted molar refractivity (Wildman–Crippen MR) is 67.6 cm³/mol. The van der Waals surface area contributed by atoms with Crippen LogP contribution in [0.15, 0.2) is 42.7 Å². The van der Waals surface area contributed by atoms with Crippen molar-refractivity contribution in [2.24, 2.45) is 5.73 Å². The lowest BCUT2D eigenvalue weighted by molar-refractivity contribution is 0.300. The summed E-state index contributed by atoms with van der Waals surface area (Å²) in [5.41, 5.74) is 7.41. The number of pyridine rings is 1. The summed E-state index contributed by atoms with van der Waals surface area (Å²) in [6.07, 6.45) is 3.43. The van der Waals surface area contributed by atoms with Crippen LogP contribution in [0.3, 0.4) is 0 Å². The molecule has 1 heterocycles. The molecule has 0 aliphatic heterocycles. The Morgan fingerprint density at radius 1 is 1.39 bits per heavy atom. The van der Waals surface area contributed by atoms with Crippen LogP contribution in [0.4, 0.5) is 4.39 Å². The van der Waals surface area contributed by atoms with Crippen molar-refractivity contribution in [3.63, 3.8) is 0 Å². The summed E-state index contributed by atoms with van der Waals surface area (Å²) in [4.78, 5) is 4.00. The van der Waals surface area contributed by atoms with E-state index in [-0.39, 0.29) is 11.9 Å². The second-order valence-electron chi connectivity index (χ2n) is 4.12. The van der Waals surface area contributed by atoms with E-state index in [4.69, 9.17) is 10.5 Å². The summed E-state index contributed by atoms with van der Waals surface area (Å²) < 4.78 is 18.8. The Bertz CT molecular complexity index is 514. The maximum absolute atomic E-state index is 13.1. The van der Waals surface area contributed by atoms with E-state index < -0.39 is 0 Å². The van der Waals surface area contributed by atoms with E-state index in [1.807, 2.05) is 12.1 Å². The van der Waals surface area contributed by atoms with E-state index in [1.54, 1.807) is 25.4 Å². The average molecular weight is 246 g/mol. The highest BCUT2D eigenvalue weighted by molar-refractivity contribution is 5.36. The molecule has 0 fully saturated rings. The number of rotatable bonds is 4. The van der Waals surface area contributed by atoms with Crippen LogP contribution < -0.4 is 10.5 Å². The number of aromatic nitrogens is 1. The van der Waals surface area contributed by atoms with Gasteiger partial charge in [0.2, 0.25) is 0 Å². The Morgan fingerprint density at radius 3 is 2.89 bits per heavy atom. The summed E-state index contributed by atoms with van der Waals surface area (Å²) in [5.74, 6) is 0.297. The fraction of sp³-hybridized carbons (Fsp3) is 0.214. The quantitative estimate of drug-likeness (QED) is 0.902. The standard InChI is InChI=1S/C14H15FN2O/c1-10(16)13-7-12(15)4-5-14(13)18-9-11-3-2-6-17-8-11/h2-8,10H,9,16H2,1H3/t10-/m0/s1. The minimum Gasteiger partial charge on any atom is -0.489 e. The monoisotopic (exact) mass is 246 g/mol. The lowest BCUT2D eigenvalue weighted by Gasteiger charge is -2.14. The third-order valence-corrected chi connectivity index (χ3v) is 2.58. The first kappa shape index (κ1) is 12.5. The van der Waals surface area contributed by atoms with Gasteiger partial charge < -0.3 is 10.5 Å². The van der Waals surface area contributed by atoms with Gasteiger partial charge in [0.05, 0.1) is 0 Å². The average Bonchev–Trinajstić information content (AvgIpc) is 2.38. The van der Waals surface area contributed by atoms with E-state index in [2.05, 4.69) is 4.98 Å². The van der Waals surface area contributed by atoms with Gasteiger partial charge in [-0.25, -0.2) is 4.39 Å². The van der Waals surface area contributed by atoms with Crippen molar-refractivity contribution in [1.29, 1.82) is 0 Å². The molecule has 18 heavy (non-hydrogen) atoms. The van der Waals surface area contributed by atoms with Crippen molar-refractivity contribution in [3.8, 4) is 5.75 Å². The molecule has 0 spiro atoms. The zero-order valence-corrected chi connectivity index (χ0v) is 10.1. The van der Waals surface area contributed by atoms with Crippen LogP contribution in [0, 0.1) is 5.82 Å². The van der Waals surface area contributed by atoms with E-state index in [9.17, 15) is 4.39 Å². The fourth-order valence-electron chi connectivity index (χ4n) is 1.65. The second-order valence-corrected chi connectivity index (χ2v) is 4.12. The van der Waals surface area contributed by atoms with Crippen LogP contribution >= 0.6 is 0 Å². The highest BCUT2D eigenvalue weighted by Gasteiger charge is 2.09. The molecule has 0 unspecified atom stereocenters. The molecule has 1 aromatic heterocycles. The third-order valence-electron chi connectivity index (χ3n) is 2.58. The molecule has 0 saturated carbocycles. The van der Waals surface area contributed by atoms with E-state index in [0.717, 1.165) is 5.56 Å². The first-order chi connectivity index (χ1) is 8.66. The summed E-state index contributed by atoms with van der Waals surface area (Å²) in [6, 6.07) is 7.86. The van der Waals surface area contributed by atoms with Gasteiger partial charge in [-0.3, -0.25) is 4.98 Å². The number of nitrogens with two attached hydrogens (primary N) is 1. The first-order valence-electron chi connectivity index (χ1n) is 5.73. The third kappa shape index (κ3) is 3.05. The molecule has 1 atom stereocenters. The molecule has 94 valence electrons. The SMILES string of the molecule is C[C@H](N)c1cc(F)ccc1OCc1cccnc1. The van der Waals surface area contributed by atoms with E-state index >= 15 is 0 Å². The number of hydrogen-bond donors (Lipinski definition) is 1. The molecular formula is C14H15FN2O. The van der Waals surface area contributed by atoms with Crippen LogP contribution in [-0.4, -0.2) is 4.98 Å². The van der Waals surface area contributed by atoms with Gasteiger partial charge in [0, 0.05) is 29.6 Å². The van der Waals surface area contributed by atoms with Gasteiger partial charge >= 0.3 is 0 Å². The predicted octanol–water partition coefficient (Wildman–Crippen LogP) is 2.82. The molecule has 2 N–H and O–H groups in total. The molecule has 0 bridgehead atoms. The van der Waals surface area contributed by atoms with Gasteiger partial charge in [0.25, 0.3) is 0 Å². The summed E-state index contributed by atoms with van der Waals surface area (Å²) in [6.45, 7) is 2.19. The first-order valence-corrected chi connectivity index (χ1v) is 5.73. The van der Waals surface area contributed by atoms with Crippen molar-refractivity contribution in [3.05, 3.63) is 59.7 Å². The lowest BCUT2D eigenvalue weighted by atomic mass is 10.1. The maximum Gasteiger partial charge on any atom is 0.124 e. The summed E-state index contributed by atoms with van der Waals surface area (Å²) >= 11 is 0. The fourth-order valence-corrected chi connectivity index (χ4v) is 1.65.